The molecule has 2 atom stereocenters. The molecule has 0 aromatic heterocycles. The Morgan fingerprint density at radius 3 is 2.72 bits per heavy atom. The van der Waals surface area contributed by atoms with E-state index in [2.05, 4.69) is 0 Å². The zero-order chi connectivity index (χ0) is 13.8. The summed E-state index contributed by atoms with van der Waals surface area (Å²) in [7, 11) is 1.24. The van der Waals surface area contributed by atoms with Gasteiger partial charge in [-0.15, -0.1) is 0 Å². The Balaban J connectivity index is 2.31. The summed E-state index contributed by atoms with van der Waals surface area (Å²) in [5, 5.41) is 0. The Morgan fingerprint density at radius 2 is 2.22 bits per heavy atom. The Bertz CT molecular complexity index is 277. The number of carbonyl (C=O) groups is 1. The number of halogens is 3. The molecule has 0 bridgehead atoms. The molecule has 1 fully saturated rings. The first-order valence-electron chi connectivity index (χ1n) is 5.85. The lowest BCUT2D eigenvalue weighted by Crippen LogP contribution is -2.43. The molecule has 0 amide bonds. The second kappa shape index (κ2) is 6.38. The molecule has 1 rings (SSSR count). The summed E-state index contributed by atoms with van der Waals surface area (Å²) >= 11 is 0. The van der Waals surface area contributed by atoms with E-state index < -0.39 is 24.7 Å². The van der Waals surface area contributed by atoms with Gasteiger partial charge in [-0.1, -0.05) is 0 Å². The Labute approximate surface area is 104 Å². The van der Waals surface area contributed by atoms with Gasteiger partial charge in [0.2, 0.25) is 0 Å². The fourth-order valence-electron chi connectivity index (χ4n) is 1.67. The fraction of sp³-hybridized carbons (Fsp3) is 0.909. The van der Waals surface area contributed by atoms with Crippen LogP contribution in [0.1, 0.15) is 19.8 Å². The molecular formula is C11H18F3NO3. The number of nitrogens with zero attached hydrogens (tertiary/aromatic N) is 1. The zero-order valence-electron chi connectivity index (χ0n) is 10.5. The second-order valence-electron chi connectivity index (χ2n) is 4.47. The van der Waals surface area contributed by atoms with Crippen LogP contribution < -0.4 is 0 Å². The average Bonchev–Trinajstić information content (AvgIpc) is 2.75. The van der Waals surface area contributed by atoms with Gasteiger partial charge in [0, 0.05) is 6.61 Å². The number of rotatable bonds is 5. The van der Waals surface area contributed by atoms with Gasteiger partial charge in [-0.25, -0.2) is 0 Å². The van der Waals surface area contributed by atoms with Crippen molar-refractivity contribution < 1.29 is 27.4 Å². The molecule has 4 nitrogen and oxygen atoms in total. The molecule has 0 spiro atoms. The third-order valence-electron chi connectivity index (χ3n) is 2.87. The molecule has 0 unspecified atom stereocenters. The van der Waals surface area contributed by atoms with E-state index in [1.54, 1.807) is 0 Å². The van der Waals surface area contributed by atoms with Gasteiger partial charge in [0.25, 0.3) is 0 Å². The van der Waals surface area contributed by atoms with E-state index in [4.69, 9.17) is 9.47 Å². The van der Waals surface area contributed by atoms with Crippen LogP contribution in [0, 0.1) is 0 Å². The fourth-order valence-corrected chi connectivity index (χ4v) is 1.67. The van der Waals surface area contributed by atoms with Crippen LogP contribution in [0.3, 0.4) is 0 Å². The predicted octanol–water partition coefficient (Wildman–Crippen LogP) is 1.59. The molecular weight excluding hydrogens is 251 g/mol. The van der Waals surface area contributed by atoms with Crippen LogP contribution in [-0.4, -0.2) is 56.0 Å². The molecule has 0 saturated carbocycles. The van der Waals surface area contributed by atoms with Crippen LogP contribution >= 0.6 is 0 Å². The second-order valence-corrected chi connectivity index (χ2v) is 4.47. The molecule has 0 aliphatic carbocycles. The molecule has 0 aromatic rings. The van der Waals surface area contributed by atoms with Crippen molar-refractivity contribution in [2.45, 2.75) is 38.1 Å². The van der Waals surface area contributed by atoms with Crippen molar-refractivity contribution in [1.82, 2.24) is 4.90 Å². The molecule has 0 radical (unpaired) electrons. The van der Waals surface area contributed by atoms with Crippen LogP contribution in [0.25, 0.3) is 0 Å². The Kier molecular flexibility index (Phi) is 5.40. The van der Waals surface area contributed by atoms with Crippen LogP contribution in [-0.2, 0) is 14.3 Å². The smallest absolute Gasteiger partial charge is 0.401 e. The van der Waals surface area contributed by atoms with E-state index in [-0.39, 0.29) is 12.7 Å². The first-order chi connectivity index (χ1) is 8.29. The van der Waals surface area contributed by atoms with Crippen molar-refractivity contribution in [3.05, 3.63) is 0 Å². The van der Waals surface area contributed by atoms with E-state index in [1.165, 1.54) is 14.0 Å². The topological polar surface area (TPSA) is 38.8 Å². The van der Waals surface area contributed by atoms with Gasteiger partial charge in [-0.05, 0) is 26.8 Å². The molecule has 0 aromatic carbocycles. The number of hydrogen-bond acceptors (Lipinski definition) is 4. The first-order valence-corrected chi connectivity index (χ1v) is 5.85. The summed E-state index contributed by atoms with van der Waals surface area (Å²) < 4.78 is 46.6. The molecule has 7 heteroatoms. The maximum Gasteiger partial charge on any atom is 0.401 e. The number of likely N-dealkylation sites (N-methyl/N-ethyl adjacent to an activating group) is 1. The monoisotopic (exact) mass is 269 g/mol. The summed E-state index contributed by atoms with van der Waals surface area (Å²) in [6.45, 7) is 1.02. The predicted molar refractivity (Wildman–Crippen MR) is 58.1 cm³/mol. The summed E-state index contributed by atoms with van der Waals surface area (Å²) in [5.41, 5.74) is 0. The van der Waals surface area contributed by atoms with E-state index in [0.29, 0.717) is 6.61 Å². The van der Waals surface area contributed by atoms with E-state index >= 15 is 0 Å². The highest BCUT2D eigenvalue weighted by molar-refractivity contribution is 5.75. The molecule has 1 heterocycles. The van der Waals surface area contributed by atoms with Crippen LogP contribution in [0.15, 0.2) is 0 Å². The maximum absolute atomic E-state index is 12.1. The lowest BCUT2D eigenvalue weighted by molar-refractivity contribution is -0.163. The van der Waals surface area contributed by atoms with Crippen LogP contribution in [0.5, 0.6) is 0 Å². The average molecular weight is 269 g/mol. The Hall–Kier alpha value is -0.820. The normalized spacial score (nSPS) is 22.2. The Morgan fingerprint density at radius 1 is 1.56 bits per heavy atom. The third kappa shape index (κ3) is 5.22. The summed E-state index contributed by atoms with van der Waals surface area (Å²) in [6.07, 6.45) is -2.70. The molecule has 1 aliphatic heterocycles. The summed E-state index contributed by atoms with van der Waals surface area (Å²) in [6, 6.07) is -0.923. The maximum atomic E-state index is 12.1. The number of esters is 1. The van der Waals surface area contributed by atoms with E-state index in [0.717, 1.165) is 17.7 Å². The molecule has 1 saturated heterocycles. The minimum atomic E-state index is -4.32. The summed E-state index contributed by atoms with van der Waals surface area (Å²) in [4.78, 5) is 12.5. The third-order valence-corrected chi connectivity index (χ3v) is 2.87. The van der Waals surface area contributed by atoms with Crippen molar-refractivity contribution in [3.8, 4) is 0 Å². The highest BCUT2D eigenvalue weighted by Gasteiger charge is 2.33. The highest BCUT2D eigenvalue weighted by atomic mass is 19.4. The van der Waals surface area contributed by atoms with Gasteiger partial charge in [0.05, 0.1) is 12.6 Å². The highest BCUT2D eigenvalue weighted by Crippen LogP contribution is 2.17. The molecule has 0 N–H and O–H groups in total. The molecule has 18 heavy (non-hydrogen) atoms. The molecule has 106 valence electrons. The zero-order valence-corrected chi connectivity index (χ0v) is 10.5. The van der Waals surface area contributed by atoms with Gasteiger partial charge >= 0.3 is 12.1 Å². The van der Waals surface area contributed by atoms with Crippen molar-refractivity contribution >= 4 is 5.97 Å². The van der Waals surface area contributed by atoms with Crippen LogP contribution in [0.2, 0.25) is 0 Å². The van der Waals surface area contributed by atoms with Crippen molar-refractivity contribution in [1.29, 1.82) is 0 Å². The number of ether oxygens (including phenoxy) is 2. The summed E-state index contributed by atoms with van der Waals surface area (Å²) in [5.74, 6) is -0.655. The van der Waals surface area contributed by atoms with Crippen molar-refractivity contribution in [2.24, 2.45) is 0 Å². The van der Waals surface area contributed by atoms with Gasteiger partial charge in [0.1, 0.15) is 12.6 Å². The number of carbonyl (C=O) groups excluding carboxylic acids is 1. The van der Waals surface area contributed by atoms with Gasteiger partial charge in [-0.3, -0.25) is 9.69 Å². The first kappa shape index (κ1) is 15.2. The molecule has 1 aliphatic rings. The lowest BCUT2D eigenvalue weighted by Gasteiger charge is -2.24. The minimum Gasteiger partial charge on any atom is -0.462 e. The van der Waals surface area contributed by atoms with Crippen molar-refractivity contribution in [2.75, 3.05) is 26.8 Å². The van der Waals surface area contributed by atoms with Crippen molar-refractivity contribution in [3.63, 3.8) is 0 Å². The van der Waals surface area contributed by atoms with E-state index in [1.807, 2.05) is 0 Å². The SMILES string of the molecule is C[C@@H](C(=O)OC[C@H]1CCCO1)N(C)CC(F)(F)F. The van der Waals surface area contributed by atoms with Gasteiger partial charge in [-0.2, -0.15) is 13.2 Å². The standard InChI is InChI=1S/C11H18F3NO3/c1-8(15(2)7-11(12,13)14)10(16)18-6-9-4-3-5-17-9/h8-9H,3-7H2,1-2H3/t8-,9+/m0/s1. The number of alkyl halides is 3. The largest absolute Gasteiger partial charge is 0.462 e. The van der Waals surface area contributed by atoms with Gasteiger partial charge < -0.3 is 9.47 Å². The lowest BCUT2D eigenvalue weighted by atomic mass is 10.2. The van der Waals surface area contributed by atoms with Crippen LogP contribution in [0.4, 0.5) is 13.2 Å². The quantitative estimate of drug-likeness (QED) is 0.710. The number of hydrogen-bond donors (Lipinski definition) is 0. The minimum absolute atomic E-state index is 0.114. The van der Waals surface area contributed by atoms with E-state index in [9.17, 15) is 18.0 Å². The van der Waals surface area contributed by atoms with Gasteiger partial charge in [0.15, 0.2) is 0 Å².